The Bertz CT molecular complexity index is 686. The number of aliphatic hydroxyl groups is 1. The summed E-state index contributed by atoms with van der Waals surface area (Å²) in [5, 5.41) is 9.17. The molecule has 0 spiro atoms. The summed E-state index contributed by atoms with van der Waals surface area (Å²) < 4.78 is 13.8. The van der Waals surface area contributed by atoms with E-state index in [-0.39, 0.29) is 24.9 Å². The van der Waals surface area contributed by atoms with Gasteiger partial charge in [0.15, 0.2) is 0 Å². The van der Waals surface area contributed by atoms with Crippen LogP contribution in [0.2, 0.25) is 0 Å². The summed E-state index contributed by atoms with van der Waals surface area (Å²) in [5.74, 6) is -0.640. The molecule has 4 nitrogen and oxygen atoms in total. The van der Waals surface area contributed by atoms with Crippen molar-refractivity contribution in [1.82, 2.24) is 9.88 Å². The highest BCUT2D eigenvalue weighted by Gasteiger charge is 2.13. The zero-order valence-electron chi connectivity index (χ0n) is 12.9. The lowest BCUT2D eigenvalue weighted by atomic mass is 10.1. The van der Waals surface area contributed by atoms with E-state index in [1.165, 1.54) is 17.0 Å². The van der Waals surface area contributed by atoms with Crippen LogP contribution < -0.4 is 0 Å². The van der Waals surface area contributed by atoms with Gasteiger partial charge in [0.2, 0.25) is 5.91 Å². The fraction of sp³-hybridized carbons (Fsp3) is 0.222. The molecule has 5 heteroatoms. The van der Waals surface area contributed by atoms with Gasteiger partial charge in [0, 0.05) is 37.1 Å². The zero-order valence-corrected chi connectivity index (χ0v) is 12.9. The van der Waals surface area contributed by atoms with Crippen molar-refractivity contribution in [3.8, 4) is 0 Å². The minimum Gasteiger partial charge on any atom is -0.395 e. The van der Waals surface area contributed by atoms with Crippen LogP contribution in [0.25, 0.3) is 5.57 Å². The average Bonchev–Trinajstić information content (AvgIpc) is 2.55. The number of rotatable bonds is 6. The molecule has 0 aliphatic heterocycles. The number of halogens is 1. The van der Waals surface area contributed by atoms with Crippen LogP contribution in [0.15, 0.2) is 54.9 Å². The molecule has 0 radical (unpaired) electrons. The smallest absolute Gasteiger partial charge is 0.247 e. The van der Waals surface area contributed by atoms with Crippen LogP contribution in [0.3, 0.4) is 0 Å². The Morgan fingerprint density at radius 3 is 2.74 bits per heavy atom. The monoisotopic (exact) mass is 314 g/mol. The summed E-state index contributed by atoms with van der Waals surface area (Å²) in [6.45, 7) is 2.10. The van der Waals surface area contributed by atoms with Crippen molar-refractivity contribution < 1.29 is 14.3 Å². The molecule has 0 atom stereocenters. The molecule has 0 aliphatic rings. The Morgan fingerprint density at radius 2 is 2.09 bits per heavy atom. The molecule has 0 bridgehead atoms. The van der Waals surface area contributed by atoms with Crippen LogP contribution in [0.5, 0.6) is 0 Å². The van der Waals surface area contributed by atoms with Crippen molar-refractivity contribution in [3.05, 3.63) is 71.8 Å². The second kappa shape index (κ2) is 8.19. The minimum absolute atomic E-state index is 0.140. The van der Waals surface area contributed by atoms with Crippen molar-refractivity contribution in [3.63, 3.8) is 0 Å². The highest BCUT2D eigenvalue weighted by Crippen LogP contribution is 2.18. The number of hydrogen-bond acceptors (Lipinski definition) is 3. The number of aromatic nitrogens is 1. The molecule has 23 heavy (non-hydrogen) atoms. The molecule has 1 amide bonds. The fourth-order valence-corrected chi connectivity index (χ4v) is 2.24. The lowest BCUT2D eigenvalue weighted by Crippen LogP contribution is -2.31. The van der Waals surface area contributed by atoms with Crippen LogP contribution in [-0.4, -0.2) is 34.0 Å². The molecule has 1 aromatic carbocycles. The fourth-order valence-electron chi connectivity index (χ4n) is 2.24. The first-order chi connectivity index (χ1) is 11.1. The van der Waals surface area contributed by atoms with E-state index in [2.05, 4.69) is 4.98 Å². The van der Waals surface area contributed by atoms with Crippen molar-refractivity contribution >= 4 is 11.5 Å². The number of allylic oxidation sites excluding steroid dienone is 1. The predicted molar refractivity (Wildman–Crippen MR) is 86.8 cm³/mol. The van der Waals surface area contributed by atoms with E-state index in [9.17, 15) is 9.18 Å². The van der Waals surface area contributed by atoms with Crippen molar-refractivity contribution in [1.29, 1.82) is 0 Å². The van der Waals surface area contributed by atoms with Crippen LogP contribution in [0.1, 0.15) is 18.1 Å². The normalized spacial score (nSPS) is 11.3. The van der Waals surface area contributed by atoms with Crippen LogP contribution in [0, 0.1) is 5.82 Å². The first-order valence-corrected chi connectivity index (χ1v) is 7.33. The number of carbonyl (C=O) groups excluding carboxylic acids is 1. The van der Waals surface area contributed by atoms with Crippen LogP contribution in [0.4, 0.5) is 4.39 Å². The molecule has 0 fully saturated rings. The standard InChI is InChI=1S/C18H19FN2O2/c1-14(16-6-2-3-7-17(16)19)11-18(23)21(9-10-22)13-15-5-4-8-20-12-15/h2-8,11-12,22H,9-10,13H2,1H3/b14-11-. The number of aliphatic hydroxyl groups excluding tert-OH is 1. The first kappa shape index (κ1) is 16.8. The second-order valence-electron chi connectivity index (χ2n) is 5.15. The van der Waals surface area contributed by atoms with Gasteiger partial charge in [-0.2, -0.15) is 0 Å². The SMILES string of the molecule is C/C(=C/C(=O)N(CCO)Cc1cccnc1)c1ccccc1F. The van der Waals surface area contributed by atoms with Gasteiger partial charge in [0.1, 0.15) is 5.82 Å². The number of hydrogen-bond donors (Lipinski definition) is 1. The van der Waals surface area contributed by atoms with E-state index in [1.54, 1.807) is 43.6 Å². The lowest BCUT2D eigenvalue weighted by molar-refractivity contribution is -0.127. The molecule has 1 heterocycles. The third kappa shape index (κ3) is 4.72. The summed E-state index contributed by atoms with van der Waals surface area (Å²) in [6, 6.07) is 9.97. The van der Waals surface area contributed by atoms with Gasteiger partial charge < -0.3 is 10.0 Å². The third-order valence-corrected chi connectivity index (χ3v) is 3.42. The number of carbonyl (C=O) groups is 1. The first-order valence-electron chi connectivity index (χ1n) is 7.33. The number of benzene rings is 1. The Balaban J connectivity index is 2.17. The minimum atomic E-state index is -0.366. The summed E-state index contributed by atoms with van der Waals surface area (Å²) >= 11 is 0. The van der Waals surface area contributed by atoms with Crippen LogP contribution in [-0.2, 0) is 11.3 Å². The van der Waals surface area contributed by atoms with E-state index in [0.717, 1.165) is 5.56 Å². The van der Waals surface area contributed by atoms with Gasteiger partial charge in [0.25, 0.3) is 0 Å². The highest BCUT2D eigenvalue weighted by molar-refractivity contribution is 5.94. The molecule has 0 saturated heterocycles. The van der Waals surface area contributed by atoms with Gasteiger partial charge >= 0.3 is 0 Å². The maximum atomic E-state index is 13.8. The van der Waals surface area contributed by atoms with E-state index in [0.29, 0.717) is 17.7 Å². The topological polar surface area (TPSA) is 53.4 Å². The van der Waals surface area contributed by atoms with E-state index in [4.69, 9.17) is 5.11 Å². The zero-order chi connectivity index (χ0) is 16.7. The largest absolute Gasteiger partial charge is 0.395 e. The molecule has 0 aliphatic carbocycles. The maximum Gasteiger partial charge on any atom is 0.247 e. The molecular formula is C18H19FN2O2. The molecule has 2 aromatic rings. The summed E-state index contributed by atoms with van der Waals surface area (Å²) in [4.78, 5) is 17.9. The Kier molecular flexibility index (Phi) is 6.00. The highest BCUT2D eigenvalue weighted by atomic mass is 19.1. The molecule has 120 valence electrons. The predicted octanol–water partition coefficient (Wildman–Crippen LogP) is 2.65. The van der Waals surface area contributed by atoms with Gasteiger partial charge in [-0.25, -0.2) is 4.39 Å². The van der Waals surface area contributed by atoms with Crippen LogP contribution >= 0.6 is 0 Å². The van der Waals surface area contributed by atoms with Gasteiger partial charge in [-0.3, -0.25) is 9.78 Å². The third-order valence-electron chi connectivity index (χ3n) is 3.42. The molecular weight excluding hydrogens is 295 g/mol. The average molecular weight is 314 g/mol. The molecule has 1 N–H and O–H groups in total. The quantitative estimate of drug-likeness (QED) is 0.834. The second-order valence-corrected chi connectivity index (χ2v) is 5.15. The Morgan fingerprint density at radius 1 is 1.30 bits per heavy atom. The van der Waals surface area contributed by atoms with Crippen molar-refractivity contribution in [2.75, 3.05) is 13.2 Å². The lowest BCUT2D eigenvalue weighted by Gasteiger charge is -2.20. The van der Waals surface area contributed by atoms with Crippen molar-refractivity contribution in [2.45, 2.75) is 13.5 Å². The van der Waals surface area contributed by atoms with E-state index in [1.807, 2.05) is 6.07 Å². The van der Waals surface area contributed by atoms with Gasteiger partial charge in [0.05, 0.1) is 6.61 Å². The van der Waals surface area contributed by atoms with Gasteiger partial charge in [-0.1, -0.05) is 24.3 Å². The number of nitrogens with zero attached hydrogens (tertiary/aromatic N) is 2. The summed E-state index contributed by atoms with van der Waals surface area (Å²) in [6.07, 6.45) is 4.72. The van der Waals surface area contributed by atoms with E-state index >= 15 is 0 Å². The Labute approximate surface area is 134 Å². The van der Waals surface area contributed by atoms with E-state index < -0.39 is 0 Å². The Hall–Kier alpha value is -2.53. The van der Waals surface area contributed by atoms with Gasteiger partial charge in [-0.15, -0.1) is 0 Å². The van der Waals surface area contributed by atoms with Gasteiger partial charge in [-0.05, 0) is 30.2 Å². The molecule has 0 unspecified atom stereocenters. The molecule has 0 saturated carbocycles. The molecule has 2 rings (SSSR count). The number of amides is 1. The molecule has 1 aromatic heterocycles. The summed E-state index contributed by atoms with van der Waals surface area (Å²) in [5.41, 5.74) is 1.81. The maximum absolute atomic E-state index is 13.8. The number of pyridine rings is 1. The van der Waals surface area contributed by atoms with Crippen molar-refractivity contribution in [2.24, 2.45) is 0 Å². The summed E-state index contributed by atoms with van der Waals surface area (Å²) in [7, 11) is 0.